The minimum absolute atomic E-state index is 0.0414. The molecule has 33 heavy (non-hydrogen) atoms. The number of aromatic nitrogens is 3. The Morgan fingerprint density at radius 3 is 2.48 bits per heavy atom. The highest BCUT2D eigenvalue weighted by atomic mass is 16.2. The lowest BCUT2D eigenvalue weighted by Gasteiger charge is -2.32. The molecule has 1 saturated heterocycles. The summed E-state index contributed by atoms with van der Waals surface area (Å²) >= 11 is 0. The molecule has 0 radical (unpaired) electrons. The Bertz CT molecular complexity index is 1120. The zero-order valence-electron chi connectivity index (χ0n) is 18.8. The van der Waals surface area contributed by atoms with Gasteiger partial charge in [-0.15, -0.1) is 0 Å². The average molecular weight is 444 g/mol. The van der Waals surface area contributed by atoms with Gasteiger partial charge in [0.2, 0.25) is 11.8 Å². The number of pyridine rings is 1. The summed E-state index contributed by atoms with van der Waals surface area (Å²) in [5.74, 6) is 1.51. The second kappa shape index (κ2) is 9.57. The zero-order chi connectivity index (χ0) is 22.6. The number of fused-ring (bicyclic) bond motifs is 1. The standard InChI is InChI=1S/C26H29N5O2/c32-24(8-9-25(33)31-17-12-20-5-1-2-7-23(20)31)29-15-10-21(11-16-29)26-28-14-18-30(26)19-22-6-3-4-13-27-22/h1-7,13-14,18,21H,8-12,15-17,19H2. The van der Waals surface area contributed by atoms with Crippen molar-refractivity contribution in [3.05, 3.63) is 78.1 Å². The molecule has 4 heterocycles. The molecule has 7 heteroatoms. The van der Waals surface area contributed by atoms with E-state index in [0.29, 0.717) is 32.1 Å². The highest BCUT2D eigenvalue weighted by molar-refractivity contribution is 5.97. The van der Waals surface area contributed by atoms with E-state index in [-0.39, 0.29) is 24.7 Å². The number of rotatable bonds is 6. The van der Waals surface area contributed by atoms with Crippen LogP contribution in [0.5, 0.6) is 0 Å². The summed E-state index contributed by atoms with van der Waals surface area (Å²) in [7, 11) is 0. The molecule has 2 amide bonds. The Morgan fingerprint density at radius 2 is 1.67 bits per heavy atom. The van der Waals surface area contributed by atoms with Crippen molar-refractivity contribution in [2.45, 2.75) is 44.6 Å². The van der Waals surface area contributed by atoms with Crippen LogP contribution in [0.25, 0.3) is 0 Å². The van der Waals surface area contributed by atoms with Gasteiger partial charge in [-0.3, -0.25) is 14.6 Å². The number of piperidine rings is 1. The molecule has 5 rings (SSSR count). The first-order chi connectivity index (χ1) is 16.2. The molecule has 0 spiro atoms. The second-order valence-corrected chi connectivity index (χ2v) is 8.81. The lowest BCUT2D eigenvalue weighted by molar-refractivity contribution is -0.134. The summed E-state index contributed by atoms with van der Waals surface area (Å²) in [5, 5.41) is 0. The van der Waals surface area contributed by atoms with Crippen LogP contribution in [-0.4, -0.2) is 50.9 Å². The van der Waals surface area contributed by atoms with Gasteiger partial charge < -0.3 is 14.4 Å². The third kappa shape index (κ3) is 4.67. The SMILES string of the molecule is O=C(CCC(=O)N1CCc2ccccc21)N1CCC(c2nccn2Cc2ccccn2)CC1. The van der Waals surface area contributed by atoms with E-state index < -0.39 is 0 Å². The third-order valence-corrected chi connectivity index (χ3v) is 6.76. The molecule has 0 saturated carbocycles. The Labute approximate surface area is 194 Å². The molecule has 0 unspecified atom stereocenters. The van der Waals surface area contributed by atoms with Gasteiger partial charge in [-0.05, 0) is 43.0 Å². The number of amides is 2. The van der Waals surface area contributed by atoms with Crippen molar-refractivity contribution >= 4 is 17.5 Å². The van der Waals surface area contributed by atoms with Crippen molar-refractivity contribution in [3.8, 4) is 0 Å². The molecule has 170 valence electrons. The van der Waals surface area contributed by atoms with Gasteiger partial charge >= 0.3 is 0 Å². The van der Waals surface area contributed by atoms with Crippen molar-refractivity contribution in [2.75, 3.05) is 24.5 Å². The number of benzene rings is 1. The summed E-state index contributed by atoms with van der Waals surface area (Å²) in [5.41, 5.74) is 3.22. The van der Waals surface area contributed by atoms with Gasteiger partial charge in [0.05, 0.1) is 12.2 Å². The van der Waals surface area contributed by atoms with Crippen molar-refractivity contribution in [1.29, 1.82) is 0 Å². The topological polar surface area (TPSA) is 71.3 Å². The number of hydrogen-bond acceptors (Lipinski definition) is 4. The van der Waals surface area contributed by atoms with Gasteiger partial charge in [0.1, 0.15) is 5.82 Å². The van der Waals surface area contributed by atoms with E-state index in [1.807, 2.05) is 64.8 Å². The van der Waals surface area contributed by atoms with Crippen LogP contribution in [0.1, 0.15) is 48.7 Å². The number of carbonyl (C=O) groups excluding carboxylic acids is 2. The van der Waals surface area contributed by atoms with Gasteiger partial charge in [-0.2, -0.15) is 0 Å². The predicted octanol–water partition coefficient (Wildman–Crippen LogP) is 3.40. The van der Waals surface area contributed by atoms with Crippen molar-refractivity contribution in [3.63, 3.8) is 0 Å². The van der Waals surface area contributed by atoms with E-state index in [2.05, 4.69) is 20.6 Å². The molecule has 1 aromatic carbocycles. The normalized spacial score (nSPS) is 16.1. The molecule has 7 nitrogen and oxygen atoms in total. The Balaban J connectivity index is 1.12. The number of anilines is 1. The molecular weight excluding hydrogens is 414 g/mol. The van der Waals surface area contributed by atoms with Crippen molar-refractivity contribution < 1.29 is 9.59 Å². The minimum atomic E-state index is 0.0414. The number of carbonyl (C=O) groups is 2. The first-order valence-electron chi connectivity index (χ1n) is 11.8. The van der Waals surface area contributed by atoms with Gasteiger partial charge in [0.25, 0.3) is 0 Å². The van der Waals surface area contributed by atoms with Crippen molar-refractivity contribution in [1.82, 2.24) is 19.4 Å². The maximum atomic E-state index is 12.8. The largest absolute Gasteiger partial charge is 0.343 e. The Hall–Kier alpha value is -3.48. The molecule has 0 aliphatic carbocycles. The highest BCUT2D eigenvalue weighted by Crippen LogP contribution is 2.29. The molecule has 3 aromatic rings. The van der Waals surface area contributed by atoms with E-state index in [4.69, 9.17) is 0 Å². The van der Waals surface area contributed by atoms with Crippen LogP contribution in [-0.2, 0) is 22.6 Å². The number of imidazole rings is 1. The predicted molar refractivity (Wildman–Crippen MR) is 126 cm³/mol. The monoisotopic (exact) mass is 443 g/mol. The molecule has 2 aliphatic rings. The van der Waals surface area contributed by atoms with Crippen LogP contribution in [0, 0.1) is 0 Å². The van der Waals surface area contributed by atoms with Gasteiger partial charge in [0, 0.05) is 62.7 Å². The highest BCUT2D eigenvalue weighted by Gasteiger charge is 2.28. The van der Waals surface area contributed by atoms with Gasteiger partial charge in [-0.25, -0.2) is 4.98 Å². The van der Waals surface area contributed by atoms with Crippen LogP contribution in [0.15, 0.2) is 61.1 Å². The lowest BCUT2D eigenvalue weighted by Crippen LogP contribution is -2.39. The summed E-state index contributed by atoms with van der Waals surface area (Å²) < 4.78 is 2.16. The van der Waals surface area contributed by atoms with E-state index in [0.717, 1.165) is 36.5 Å². The molecule has 1 fully saturated rings. The van der Waals surface area contributed by atoms with Crippen LogP contribution < -0.4 is 4.90 Å². The first-order valence-corrected chi connectivity index (χ1v) is 11.8. The van der Waals surface area contributed by atoms with E-state index in [1.165, 1.54) is 5.56 Å². The lowest BCUT2D eigenvalue weighted by atomic mass is 9.95. The summed E-state index contributed by atoms with van der Waals surface area (Å²) in [6.45, 7) is 2.83. The maximum absolute atomic E-state index is 12.8. The molecule has 0 atom stereocenters. The molecule has 0 N–H and O–H groups in total. The Kier molecular flexibility index (Phi) is 6.19. The van der Waals surface area contributed by atoms with Crippen LogP contribution in [0.3, 0.4) is 0 Å². The molecule has 2 aliphatic heterocycles. The van der Waals surface area contributed by atoms with Crippen LogP contribution in [0.4, 0.5) is 5.69 Å². The fraction of sp³-hybridized carbons (Fsp3) is 0.385. The number of hydrogen-bond donors (Lipinski definition) is 0. The number of likely N-dealkylation sites (tertiary alicyclic amines) is 1. The summed E-state index contributed by atoms with van der Waals surface area (Å²) in [6.07, 6.45) is 8.86. The smallest absolute Gasteiger partial charge is 0.227 e. The fourth-order valence-electron chi connectivity index (χ4n) is 4.97. The van der Waals surface area contributed by atoms with Crippen LogP contribution in [0.2, 0.25) is 0 Å². The third-order valence-electron chi connectivity index (χ3n) is 6.76. The molecule has 2 aromatic heterocycles. The first kappa shape index (κ1) is 21.4. The second-order valence-electron chi connectivity index (χ2n) is 8.81. The van der Waals surface area contributed by atoms with E-state index in [1.54, 1.807) is 0 Å². The van der Waals surface area contributed by atoms with Crippen LogP contribution >= 0.6 is 0 Å². The maximum Gasteiger partial charge on any atom is 0.227 e. The summed E-state index contributed by atoms with van der Waals surface area (Å²) in [6, 6.07) is 14.0. The Morgan fingerprint density at radius 1 is 0.879 bits per heavy atom. The van der Waals surface area contributed by atoms with E-state index >= 15 is 0 Å². The fourth-order valence-corrected chi connectivity index (χ4v) is 4.97. The molecular formula is C26H29N5O2. The molecule has 0 bridgehead atoms. The number of para-hydroxylation sites is 1. The van der Waals surface area contributed by atoms with E-state index in [9.17, 15) is 9.59 Å². The average Bonchev–Trinajstić information content (AvgIpc) is 3.50. The zero-order valence-corrected chi connectivity index (χ0v) is 18.8. The van der Waals surface area contributed by atoms with Gasteiger partial charge in [-0.1, -0.05) is 24.3 Å². The minimum Gasteiger partial charge on any atom is -0.343 e. The number of nitrogens with zero attached hydrogens (tertiary/aromatic N) is 5. The quantitative estimate of drug-likeness (QED) is 0.585. The summed E-state index contributed by atoms with van der Waals surface area (Å²) in [4.78, 5) is 38.3. The van der Waals surface area contributed by atoms with Gasteiger partial charge in [0.15, 0.2) is 0 Å². The van der Waals surface area contributed by atoms with Crippen molar-refractivity contribution in [2.24, 2.45) is 0 Å².